The molecular formula is C11H11BrClFN2O. The lowest BCUT2D eigenvalue weighted by Gasteiger charge is -2.19. The van der Waals surface area contributed by atoms with Crippen LogP contribution in [0.4, 0.5) is 10.1 Å². The third-order valence-corrected chi connectivity index (χ3v) is 3.70. The van der Waals surface area contributed by atoms with Crippen LogP contribution in [0.2, 0.25) is 5.02 Å². The van der Waals surface area contributed by atoms with Crippen LogP contribution in [0, 0.1) is 5.82 Å². The Hall–Kier alpha value is -0.650. The molecule has 0 aromatic heterocycles. The molecule has 1 aromatic carbocycles. The van der Waals surface area contributed by atoms with Gasteiger partial charge < -0.3 is 10.2 Å². The molecule has 92 valence electrons. The molecule has 0 radical (unpaired) electrons. The fraction of sp³-hybridized carbons (Fsp3) is 0.364. The molecule has 1 atom stereocenters. The second-order valence-electron chi connectivity index (χ2n) is 3.84. The van der Waals surface area contributed by atoms with E-state index in [0.717, 1.165) is 6.42 Å². The molecule has 0 bridgehead atoms. The maximum Gasteiger partial charge on any atom is 0.244 e. The highest BCUT2D eigenvalue weighted by Gasteiger charge is 2.33. The molecule has 17 heavy (non-hydrogen) atoms. The van der Waals surface area contributed by atoms with Gasteiger partial charge in [-0.05, 0) is 41.5 Å². The average Bonchev–Trinajstić information content (AvgIpc) is 2.59. The SMILES string of the molecule is CNC1CCN(c2c(Cl)cc(F)cc2Br)C1=O. The van der Waals surface area contributed by atoms with E-state index in [2.05, 4.69) is 21.2 Å². The molecule has 1 N–H and O–H groups in total. The predicted octanol–water partition coefficient (Wildman–Crippen LogP) is 2.57. The van der Waals surface area contributed by atoms with E-state index in [9.17, 15) is 9.18 Å². The van der Waals surface area contributed by atoms with Crippen molar-refractivity contribution in [2.75, 3.05) is 18.5 Å². The Morgan fingerprint density at radius 1 is 1.59 bits per heavy atom. The predicted molar refractivity (Wildman–Crippen MR) is 68.9 cm³/mol. The number of halogens is 3. The van der Waals surface area contributed by atoms with Gasteiger partial charge in [-0.25, -0.2) is 4.39 Å². The van der Waals surface area contributed by atoms with E-state index in [1.165, 1.54) is 12.1 Å². The van der Waals surface area contributed by atoms with Crippen molar-refractivity contribution in [2.24, 2.45) is 0 Å². The van der Waals surface area contributed by atoms with Crippen LogP contribution in [0.3, 0.4) is 0 Å². The minimum Gasteiger partial charge on any atom is -0.309 e. The van der Waals surface area contributed by atoms with Crippen molar-refractivity contribution < 1.29 is 9.18 Å². The summed E-state index contributed by atoms with van der Waals surface area (Å²) in [5.41, 5.74) is 0.538. The minimum absolute atomic E-state index is 0.0401. The number of nitrogens with one attached hydrogen (secondary N) is 1. The number of amides is 1. The Morgan fingerprint density at radius 3 is 2.82 bits per heavy atom. The first-order chi connectivity index (χ1) is 8.04. The fourth-order valence-corrected chi connectivity index (χ4v) is 3.03. The fourth-order valence-electron chi connectivity index (χ4n) is 1.96. The summed E-state index contributed by atoms with van der Waals surface area (Å²) in [5, 5.41) is 3.18. The summed E-state index contributed by atoms with van der Waals surface area (Å²) in [6.07, 6.45) is 0.718. The quantitative estimate of drug-likeness (QED) is 0.908. The molecule has 1 saturated heterocycles. The lowest BCUT2D eigenvalue weighted by Crippen LogP contribution is -2.36. The number of carbonyl (C=O) groups excluding carboxylic acids is 1. The maximum absolute atomic E-state index is 13.1. The third-order valence-electron chi connectivity index (χ3n) is 2.81. The van der Waals surface area contributed by atoms with Crippen LogP contribution in [-0.2, 0) is 4.79 Å². The number of likely N-dealkylation sites (N-methyl/N-ethyl adjacent to an activating group) is 1. The van der Waals surface area contributed by atoms with E-state index in [0.29, 0.717) is 16.7 Å². The van der Waals surface area contributed by atoms with Gasteiger partial charge in [0.2, 0.25) is 5.91 Å². The lowest BCUT2D eigenvalue weighted by atomic mass is 10.2. The summed E-state index contributed by atoms with van der Waals surface area (Å²) in [6.45, 7) is 0.578. The molecule has 3 nitrogen and oxygen atoms in total. The molecule has 1 aliphatic heterocycles. The number of carbonyl (C=O) groups is 1. The van der Waals surface area contributed by atoms with Gasteiger partial charge in [0.25, 0.3) is 0 Å². The van der Waals surface area contributed by atoms with Crippen molar-refractivity contribution in [3.63, 3.8) is 0 Å². The van der Waals surface area contributed by atoms with Gasteiger partial charge in [0.05, 0.1) is 16.8 Å². The largest absolute Gasteiger partial charge is 0.309 e. The summed E-state index contributed by atoms with van der Waals surface area (Å²) in [7, 11) is 1.74. The Morgan fingerprint density at radius 2 is 2.29 bits per heavy atom. The van der Waals surface area contributed by atoms with Crippen LogP contribution < -0.4 is 10.2 Å². The molecule has 0 aliphatic carbocycles. The standard InChI is InChI=1S/C11H11BrClFN2O/c1-15-9-2-3-16(11(9)17)10-7(12)4-6(14)5-8(10)13/h4-5,9,15H,2-3H2,1H3. The minimum atomic E-state index is -0.428. The lowest BCUT2D eigenvalue weighted by molar-refractivity contribution is -0.118. The molecule has 1 fully saturated rings. The zero-order valence-corrected chi connectivity index (χ0v) is 11.5. The number of hydrogen-bond donors (Lipinski definition) is 1. The Kier molecular flexibility index (Phi) is 3.70. The highest BCUT2D eigenvalue weighted by atomic mass is 79.9. The number of nitrogens with zero attached hydrogens (tertiary/aromatic N) is 1. The van der Waals surface area contributed by atoms with Crippen molar-refractivity contribution in [3.05, 3.63) is 27.4 Å². The highest BCUT2D eigenvalue weighted by molar-refractivity contribution is 9.10. The van der Waals surface area contributed by atoms with Crippen LogP contribution >= 0.6 is 27.5 Å². The molecule has 1 heterocycles. The Balaban J connectivity index is 2.39. The van der Waals surface area contributed by atoms with Gasteiger partial charge in [0, 0.05) is 11.0 Å². The van der Waals surface area contributed by atoms with E-state index < -0.39 is 5.82 Å². The van der Waals surface area contributed by atoms with Crippen molar-refractivity contribution >= 4 is 39.1 Å². The van der Waals surface area contributed by atoms with Gasteiger partial charge in [-0.15, -0.1) is 0 Å². The molecule has 0 spiro atoms. The molecular weight excluding hydrogens is 310 g/mol. The summed E-state index contributed by atoms with van der Waals surface area (Å²) >= 11 is 9.23. The van der Waals surface area contributed by atoms with Crippen LogP contribution in [0.5, 0.6) is 0 Å². The van der Waals surface area contributed by atoms with Crippen LogP contribution in [0.15, 0.2) is 16.6 Å². The van der Waals surface area contributed by atoms with Crippen molar-refractivity contribution in [1.82, 2.24) is 5.32 Å². The van der Waals surface area contributed by atoms with E-state index in [1.807, 2.05) is 0 Å². The van der Waals surface area contributed by atoms with Gasteiger partial charge in [0.1, 0.15) is 5.82 Å². The second-order valence-corrected chi connectivity index (χ2v) is 5.10. The van der Waals surface area contributed by atoms with Gasteiger partial charge in [-0.3, -0.25) is 4.79 Å². The summed E-state index contributed by atoms with van der Waals surface area (Å²) in [6, 6.07) is 2.33. The van der Waals surface area contributed by atoms with E-state index >= 15 is 0 Å². The highest BCUT2D eigenvalue weighted by Crippen LogP contribution is 2.37. The first-order valence-corrected chi connectivity index (χ1v) is 6.35. The molecule has 1 aromatic rings. The number of benzene rings is 1. The first kappa shape index (κ1) is 12.8. The van der Waals surface area contributed by atoms with E-state index in [4.69, 9.17) is 11.6 Å². The molecule has 2 rings (SSSR count). The topological polar surface area (TPSA) is 32.3 Å². The van der Waals surface area contributed by atoms with Gasteiger partial charge >= 0.3 is 0 Å². The van der Waals surface area contributed by atoms with Crippen molar-refractivity contribution in [3.8, 4) is 0 Å². The number of anilines is 1. The normalized spacial score (nSPS) is 20.1. The average molecular weight is 322 g/mol. The molecule has 1 amide bonds. The van der Waals surface area contributed by atoms with Crippen LogP contribution in [-0.4, -0.2) is 25.5 Å². The summed E-state index contributed by atoms with van der Waals surface area (Å²) < 4.78 is 13.6. The zero-order chi connectivity index (χ0) is 12.6. The zero-order valence-electron chi connectivity index (χ0n) is 9.14. The molecule has 1 aliphatic rings. The van der Waals surface area contributed by atoms with Gasteiger partial charge in [-0.2, -0.15) is 0 Å². The van der Waals surface area contributed by atoms with Crippen LogP contribution in [0.25, 0.3) is 0 Å². The monoisotopic (exact) mass is 320 g/mol. The van der Waals surface area contributed by atoms with Gasteiger partial charge in [0.15, 0.2) is 0 Å². The number of hydrogen-bond acceptors (Lipinski definition) is 2. The van der Waals surface area contributed by atoms with Gasteiger partial charge in [-0.1, -0.05) is 11.6 Å². The Bertz CT molecular complexity index is 446. The van der Waals surface area contributed by atoms with E-state index in [-0.39, 0.29) is 17.0 Å². The molecule has 1 unspecified atom stereocenters. The molecule has 6 heteroatoms. The summed E-state index contributed by atoms with van der Waals surface area (Å²) in [4.78, 5) is 13.6. The maximum atomic E-state index is 13.1. The third kappa shape index (κ3) is 2.32. The van der Waals surface area contributed by atoms with Crippen LogP contribution in [0.1, 0.15) is 6.42 Å². The first-order valence-electron chi connectivity index (χ1n) is 5.17. The Labute approximate surface area is 112 Å². The number of rotatable bonds is 2. The smallest absolute Gasteiger partial charge is 0.244 e. The summed E-state index contributed by atoms with van der Waals surface area (Å²) in [5.74, 6) is -0.468. The van der Waals surface area contributed by atoms with Crippen molar-refractivity contribution in [2.45, 2.75) is 12.5 Å². The molecule has 0 saturated carbocycles. The van der Waals surface area contributed by atoms with Crippen molar-refractivity contribution in [1.29, 1.82) is 0 Å². The van der Waals surface area contributed by atoms with E-state index in [1.54, 1.807) is 11.9 Å². The second kappa shape index (κ2) is 4.92.